The lowest BCUT2D eigenvalue weighted by Gasteiger charge is -2.70. The van der Waals surface area contributed by atoms with Crippen molar-refractivity contribution in [1.29, 1.82) is 0 Å². The van der Waals surface area contributed by atoms with E-state index < -0.39 is 39.0 Å². The van der Waals surface area contributed by atoms with Crippen molar-refractivity contribution in [3.8, 4) is 0 Å². The molecule has 1 aliphatic heterocycles. The number of rotatable bonds is 11. The van der Waals surface area contributed by atoms with Crippen molar-refractivity contribution < 1.29 is 29.0 Å². The van der Waals surface area contributed by atoms with Gasteiger partial charge < -0.3 is 25.2 Å². The average Bonchev–Trinajstić information content (AvgIpc) is 3.58. The predicted octanol–water partition coefficient (Wildman–Crippen LogP) is 6.74. The van der Waals surface area contributed by atoms with Crippen LogP contribution in [0.5, 0.6) is 0 Å². The minimum absolute atomic E-state index is 0.00857. The van der Waals surface area contributed by atoms with Crippen molar-refractivity contribution in [2.45, 2.75) is 139 Å². The van der Waals surface area contributed by atoms with Crippen LogP contribution in [0.2, 0.25) is 0 Å². The number of carbonyl (C=O) groups is 3. The Balaban J connectivity index is 1.51. The van der Waals surface area contributed by atoms with Crippen LogP contribution in [-0.4, -0.2) is 82.1 Å². The molecule has 4 fully saturated rings. The SMILES string of the molecule is CN[C@@](C)(CO[C@H]1[C@H](n2ncnc2C(=O)NC(C)C)C[C@@]23COC[C@]1(C)[C@@H]2CC[C@H]1C3=CC(=O)[C@@]2(C)[C@H](C(=O)O)[C@@](C)([C@H](C)C(C)C)CC[C@]12C)C(C)C. The first kappa shape index (κ1) is 41.0. The van der Waals surface area contributed by atoms with Crippen molar-refractivity contribution >= 4 is 17.7 Å². The lowest BCUT2D eigenvalue weighted by Crippen LogP contribution is -2.70. The fraction of sp³-hybridized carbons (Fsp3) is 0.837. The zero-order valence-electron chi connectivity index (χ0n) is 35.3. The fourth-order valence-electron chi connectivity index (χ4n) is 12.7. The van der Waals surface area contributed by atoms with Crippen LogP contribution in [0.1, 0.15) is 132 Å². The molecule has 0 unspecified atom stereocenters. The standard InChI is InChI=1S/C43H69N5O6/c1-24(2)27(7)38(8)16-17-40(10)28-14-15-31-39(9)20-53-22-43(31,29(28)18-32(49)42(40,12)33(38)37(51)52)19-30(34(39)54-21-41(11,44-13)25(3)4)48-35(45-23-46-48)36(50)47-26(5)6/h18,23-28,30-31,33-34,44H,14-17,19-22H2,1-13H3,(H,47,50)(H,51,52)/t27-,28+,30-,31+,33-,34+,38-,39-,40-,41+,42+,43+/m1/s1. The van der Waals surface area contributed by atoms with E-state index in [4.69, 9.17) is 14.6 Å². The van der Waals surface area contributed by atoms with Gasteiger partial charge >= 0.3 is 5.97 Å². The summed E-state index contributed by atoms with van der Waals surface area (Å²) in [5.74, 6) is -0.935. The van der Waals surface area contributed by atoms with Gasteiger partial charge in [0, 0.05) is 27.8 Å². The largest absolute Gasteiger partial charge is 0.481 e. The van der Waals surface area contributed by atoms with Gasteiger partial charge in [0.1, 0.15) is 6.33 Å². The molecule has 3 saturated carbocycles. The summed E-state index contributed by atoms with van der Waals surface area (Å²) in [6.07, 6.45) is 6.87. The van der Waals surface area contributed by atoms with E-state index >= 15 is 4.79 Å². The smallest absolute Gasteiger partial charge is 0.308 e. The van der Waals surface area contributed by atoms with E-state index in [2.05, 4.69) is 77.9 Å². The second kappa shape index (κ2) is 13.8. The Kier molecular flexibility index (Phi) is 10.5. The monoisotopic (exact) mass is 752 g/mol. The molecule has 0 radical (unpaired) electrons. The van der Waals surface area contributed by atoms with Crippen molar-refractivity contribution in [3.05, 3.63) is 23.8 Å². The number of hydrogen-bond acceptors (Lipinski definition) is 8. The van der Waals surface area contributed by atoms with Gasteiger partial charge in [0.15, 0.2) is 5.78 Å². The van der Waals surface area contributed by atoms with Crippen LogP contribution in [0, 0.1) is 62.6 Å². The molecule has 11 nitrogen and oxygen atoms in total. The summed E-state index contributed by atoms with van der Waals surface area (Å²) in [5, 5.41) is 22.4. The highest BCUT2D eigenvalue weighted by atomic mass is 16.5. The molecule has 3 N–H and O–H groups in total. The number of aromatic nitrogens is 3. The Morgan fingerprint density at radius 3 is 2.35 bits per heavy atom. The summed E-state index contributed by atoms with van der Waals surface area (Å²) in [6.45, 7) is 26.9. The molecule has 1 amide bonds. The molecule has 11 heteroatoms. The van der Waals surface area contributed by atoms with Gasteiger partial charge in [0.25, 0.3) is 5.91 Å². The molecule has 0 aromatic carbocycles. The van der Waals surface area contributed by atoms with Crippen LogP contribution in [0.4, 0.5) is 0 Å². The maximum atomic E-state index is 15.2. The Hall–Kier alpha value is -2.63. The zero-order chi connectivity index (χ0) is 40.0. The molecule has 2 heterocycles. The predicted molar refractivity (Wildman–Crippen MR) is 208 cm³/mol. The number of nitrogens with one attached hydrogen (secondary N) is 2. The number of carboxylic acid groups (broad SMARTS) is 1. The third-order valence-corrected chi connectivity index (χ3v) is 16.9. The highest BCUT2D eigenvalue weighted by Crippen LogP contribution is 2.75. The first-order valence-corrected chi connectivity index (χ1v) is 20.7. The van der Waals surface area contributed by atoms with Crippen LogP contribution in [0.3, 0.4) is 0 Å². The normalized spacial score (nSPS) is 40.7. The number of carboxylic acids is 1. The molecule has 2 bridgehead atoms. The quantitative estimate of drug-likeness (QED) is 0.224. The highest BCUT2D eigenvalue weighted by Gasteiger charge is 2.74. The van der Waals surface area contributed by atoms with Crippen LogP contribution in [0.25, 0.3) is 0 Å². The van der Waals surface area contributed by atoms with Crippen LogP contribution in [0.15, 0.2) is 18.0 Å². The molecule has 4 aliphatic carbocycles. The number of carbonyl (C=O) groups excluding carboxylic acids is 2. The van der Waals surface area contributed by atoms with Gasteiger partial charge in [-0.25, -0.2) is 9.67 Å². The van der Waals surface area contributed by atoms with Crippen LogP contribution >= 0.6 is 0 Å². The second-order valence-corrected chi connectivity index (χ2v) is 20.2. The summed E-state index contributed by atoms with van der Waals surface area (Å²) in [6, 6.07) is -0.456. The molecule has 0 spiro atoms. The van der Waals surface area contributed by atoms with Gasteiger partial charge in [-0.3, -0.25) is 14.4 Å². The van der Waals surface area contributed by atoms with E-state index in [1.807, 2.05) is 33.9 Å². The Labute approximate surface area is 323 Å². The summed E-state index contributed by atoms with van der Waals surface area (Å²) in [7, 11) is 1.97. The number of likely N-dealkylation sites (N-methyl/N-ethyl adjacent to an activating group) is 1. The number of amides is 1. The topological polar surface area (TPSA) is 145 Å². The molecule has 54 heavy (non-hydrogen) atoms. The first-order chi connectivity index (χ1) is 25.1. The Morgan fingerprint density at radius 2 is 1.76 bits per heavy atom. The number of ether oxygens (including phenoxy) is 2. The van der Waals surface area contributed by atoms with Crippen LogP contribution < -0.4 is 10.6 Å². The van der Waals surface area contributed by atoms with E-state index in [0.717, 1.165) is 31.3 Å². The fourth-order valence-corrected chi connectivity index (χ4v) is 12.7. The maximum Gasteiger partial charge on any atom is 0.308 e. The number of hydrogen-bond donors (Lipinski definition) is 3. The third-order valence-electron chi connectivity index (χ3n) is 16.9. The third kappa shape index (κ3) is 5.70. The Morgan fingerprint density at radius 1 is 1.07 bits per heavy atom. The lowest BCUT2D eigenvalue weighted by molar-refractivity contribution is -0.251. The van der Waals surface area contributed by atoms with Gasteiger partial charge in [-0.05, 0) is 106 Å². The van der Waals surface area contributed by atoms with Crippen molar-refractivity contribution in [3.63, 3.8) is 0 Å². The van der Waals surface area contributed by atoms with Crippen molar-refractivity contribution in [2.24, 2.45) is 62.6 Å². The minimum Gasteiger partial charge on any atom is -0.481 e. The molecule has 1 aromatic rings. The lowest BCUT2D eigenvalue weighted by atomic mass is 9.34. The van der Waals surface area contributed by atoms with Gasteiger partial charge in [-0.1, -0.05) is 67.9 Å². The molecule has 1 saturated heterocycles. The molecular formula is C43H69N5O6. The summed E-state index contributed by atoms with van der Waals surface area (Å²) in [4.78, 5) is 46.9. The zero-order valence-corrected chi connectivity index (χ0v) is 35.3. The van der Waals surface area contributed by atoms with Gasteiger partial charge in [0.05, 0.1) is 37.9 Å². The van der Waals surface area contributed by atoms with Gasteiger partial charge in [-0.15, -0.1) is 0 Å². The minimum atomic E-state index is -1.08. The number of allylic oxidation sites excluding steroid dienone is 1. The number of aliphatic carboxylic acids is 1. The summed E-state index contributed by atoms with van der Waals surface area (Å²) < 4.78 is 15.6. The van der Waals surface area contributed by atoms with Crippen LogP contribution in [-0.2, 0) is 19.1 Å². The molecule has 1 aromatic heterocycles. The van der Waals surface area contributed by atoms with Gasteiger partial charge in [-0.2, -0.15) is 5.10 Å². The average molecular weight is 752 g/mol. The molecule has 12 atom stereocenters. The first-order valence-electron chi connectivity index (χ1n) is 20.7. The van der Waals surface area contributed by atoms with E-state index in [0.29, 0.717) is 26.2 Å². The van der Waals surface area contributed by atoms with Crippen molar-refractivity contribution in [1.82, 2.24) is 25.4 Å². The molecule has 5 aliphatic rings. The van der Waals surface area contributed by atoms with E-state index in [-0.39, 0.29) is 70.8 Å². The maximum absolute atomic E-state index is 15.2. The number of ketones is 1. The van der Waals surface area contributed by atoms with E-state index in [1.54, 1.807) is 4.68 Å². The second-order valence-electron chi connectivity index (χ2n) is 20.2. The summed E-state index contributed by atoms with van der Waals surface area (Å²) in [5.41, 5.74) is -2.38. The Bertz CT molecular complexity index is 1670. The number of nitrogens with zero attached hydrogens (tertiary/aromatic N) is 3. The highest BCUT2D eigenvalue weighted by molar-refractivity contribution is 6.00. The van der Waals surface area contributed by atoms with Gasteiger partial charge in [0.2, 0.25) is 5.82 Å². The van der Waals surface area contributed by atoms with E-state index in [9.17, 15) is 14.7 Å². The summed E-state index contributed by atoms with van der Waals surface area (Å²) >= 11 is 0. The number of fused-ring (bicyclic) bond motifs is 3. The molecule has 302 valence electrons. The van der Waals surface area contributed by atoms with E-state index in [1.165, 1.54) is 6.33 Å². The molecular weight excluding hydrogens is 683 g/mol. The van der Waals surface area contributed by atoms with Crippen molar-refractivity contribution in [2.75, 3.05) is 26.9 Å². The molecule has 6 rings (SSSR count).